The third kappa shape index (κ3) is 4.49. The minimum Gasteiger partial charge on any atom is -0.477 e. The van der Waals surface area contributed by atoms with Crippen molar-refractivity contribution in [2.75, 3.05) is 17.2 Å². The molecule has 0 aliphatic carbocycles. The highest BCUT2D eigenvalue weighted by Gasteiger charge is 2.54. The van der Waals surface area contributed by atoms with Gasteiger partial charge < -0.3 is 27.1 Å². The lowest BCUT2D eigenvalue weighted by molar-refractivity contribution is -0.150. The van der Waals surface area contributed by atoms with Crippen molar-refractivity contribution in [1.29, 1.82) is 0 Å². The molecule has 0 radical (unpaired) electrons. The number of fused-ring (bicyclic) bond motifs is 2. The first-order chi connectivity index (χ1) is 17.7. The summed E-state index contributed by atoms with van der Waals surface area (Å²) in [5.74, 6) is -2.84. The van der Waals surface area contributed by atoms with Crippen molar-refractivity contribution in [3.05, 3.63) is 34.2 Å². The lowest BCUT2D eigenvalue weighted by atomic mass is 10.0. The third-order valence-electron chi connectivity index (χ3n) is 5.26. The summed E-state index contributed by atoms with van der Waals surface area (Å²) in [6, 6.07) is -1.01. The highest BCUT2D eigenvalue weighted by Crippen LogP contribution is 2.42. The monoisotopic (exact) mass is 581 g/mol. The minimum absolute atomic E-state index is 0.0494. The van der Waals surface area contributed by atoms with Crippen molar-refractivity contribution in [3.8, 4) is 0 Å². The molecule has 2 atom stereocenters. The fourth-order valence-electron chi connectivity index (χ4n) is 3.62. The van der Waals surface area contributed by atoms with Crippen LogP contribution in [0, 0.1) is 0 Å². The van der Waals surface area contributed by atoms with Crippen molar-refractivity contribution >= 4 is 85.7 Å². The van der Waals surface area contributed by atoms with Gasteiger partial charge in [0.25, 0.3) is 17.7 Å². The van der Waals surface area contributed by atoms with E-state index in [0.717, 1.165) is 16.2 Å². The molecule has 3 aromatic rings. The first-order valence-corrected chi connectivity index (χ1v) is 13.8. The molecule has 37 heavy (non-hydrogen) atoms. The second kappa shape index (κ2) is 9.65. The quantitative estimate of drug-likeness (QED) is 0.0754. The van der Waals surface area contributed by atoms with Gasteiger partial charge in [0.05, 0.1) is 6.20 Å². The van der Waals surface area contributed by atoms with Gasteiger partial charge in [-0.25, -0.2) is 19.3 Å². The predicted octanol–water partition coefficient (Wildman–Crippen LogP) is -0.362. The first kappa shape index (κ1) is 25.0. The van der Waals surface area contributed by atoms with E-state index in [1.807, 2.05) is 0 Å². The summed E-state index contributed by atoms with van der Waals surface area (Å²) in [6.07, 6.45) is 1.41. The van der Waals surface area contributed by atoms with Crippen molar-refractivity contribution in [2.24, 2.45) is 10.9 Å². The van der Waals surface area contributed by atoms with E-state index in [1.54, 1.807) is 0 Å². The molecule has 5 heterocycles. The number of aliphatic carboxylic acids is 1. The number of nitrogens with two attached hydrogens (primary N) is 2. The summed E-state index contributed by atoms with van der Waals surface area (Å²) >= 11 is 4.82. The Labute approximate surface area is 222 Å². The van der Waals surface area contributed by atoms with Crippen LogP contribution in [-0.4, -0.2) is 87.1 Å². The molecular weight excluding hydrogens is 567 g/mol. The lowest BCUT2D eigenvalue weighted by Gasteiger charge is -2.49. The summed E-state index contributed by atoms with van der Waals surface area (Å²) in [5, 5.41) is 29.8. The van der Waals surface area contributed by atoms with E-state index in [1.165, 1.54) is 51.0 Å². The number of carbonyl (C=O) groups is 4. The Hall–Kier alpha value is -3.68. The smallest absolute Gasteiger partial charge is 0.352 e. The fraction of sp³-hybridized carbons (Fsp3) is 0.222. The normalized spacial score (nSPS) is 19.6. The Bertz CT molecular complexity index is 1490. The number of thioether (sulfide) groups is 2. The summed E-state index contributed by atoms with van der Waals surface area (Å²) < 4.78 is 2.00. The number of carboxylic acid groups (broad SMARTS) is 1. The van der Waals surface area contributed by atoms with Crippen LogP contribution in [0.1, 0.15) is 16.2 Å². The first-order valence-electron chi connectivity index (χ1n) is 10.1. The van der Waals surface area contributed by atoms with Gasteiger partial charge in [-0.05, 0) is 5.57 Å². The van der Waals surface area contributed by atoms with Crippen LogP contribution < -0.4 is 16.8 Å². The molecule has 2 aliphatic heterocycles. The number of hydrogen-bond acceptors (Lipinski definition) is 14. The van der Waals surface area contributed by atoms with Crippen LogP contribution >= 0.6 is 46.2 Å². The molecule has 1 fully saturated rings. The predicted molar refractivity (Wildman–Crippen MR) is 135 cm³/mol. The molecule has 19 heteroatoms. The van der Waals surface area contributed by atoms with Crippen LogP contribution in [0.5, 0.6) is 0 Å². The molecular formula is C18H15N9O6S4. The molecule has 0 saturated carbocycles. The number of carbonyl (C=O) groups excluding carboxylic acids is 3. The van der Waals surface area contributed by atoms with Gasteiger partial charge in [-0.15, -0.1) is 28.2 Å². The number of β-lactam (4-membered cyclic amide) rings is 1. The number of primary amides is 1. The van der Waals surface area contributed by atoms with E-state index in [0.29, 0.717) is 20.6 Å². The van der Waals surface area contributed by atoms with Gasteiger partial charge in [0.1, 0.15) is 28.5 Å². The average Bonchev–Trinajstić information content (AvgIpc) is 3.56. The molecule has 2 aliphatic rings. The van der Waals surface area contributed by atoms with E-state index in [-0.39, 0.29) is 28.0 Å². The number of rotatable bonds is 8. The van der Waals surface area contributed by atoms with E-state index in [4.69, 9.17) is 11.5 Å². The number of nitrogens with one attached hydrogen (secondary N) is 1. The zero-order valence-corrected chi connectivity index (χ0v) is 21.5. The van der Waals surface area contributed by atoms with Gasteiger partial charge >= 0.3 is 5.97 Å². The Balaban J connectivity index is 1.29. The topological polar surface area (TPSA) is 231 Å². The maximum absolute atomic E-state index is 12.9. The van der Waals surface area contributed by atoms with E-state index in [2.05, 4.69) is 25.5 Å². The highest BCUT2D eigenvalue weighted by molar-refractivity contribution is 8.02. The number of aromatic nitrogens is 4. The number of carboxylic acids is 1. The average molecular weight is 582 g/mol. The highest BCUT2D eigenvalue weighted by atomic mass is 32.2. The molecule has 15 nitrogen and oxygen atoms in total. The van der Waals surface area contributed by atoms with Crippen LogP contribution in [-0.2, 0) is 14.4 Å². The largest absolute Gasteiger partial charge is 0.477 e. The summed E-state index contributed by atoms with van der Waals surface area (Å²) in [7, 11) is 0. The van der Waals surface area contributed by atoms with Gasteiger partial charge in [0, 0.05) is 16.9 Å². The number of hydrogen-bond donors (Lipinski definition) is 5. The van der Waals surface area contributed by atoms with Crippen LogP contribution in [0.3, 0.4) is 0 Å². The SMILES string of the molecule is NC(=O)c1cn2nc(SCC3=C(C(=O)O)N4C(=O)[C@@H](NC(=O)/C(=N\O)c5csc(N)n5)[C@H]4SC3)sc2n1. The number of thiazole rings is 1. The van der Waals surface area contributed by atoms with Crippen molar-refractivity contribution in [1.82, 2.24) is 29.8 Å². The summed E-state index contributed by atoms with van der Waals surface area (Å²) in [6.45, 7) is 0. The Morgan fingerprint density at radius 2 is 2.08 bits per heavy atom. The Morgan fingerprint density at radius 1 is 1.30 bits per heavy atom. The van der Waals surface area contributed by atoms with E-state index in [9.17, 15) is 29.5 Å². The zero-order valence-electron chi connectivity index (χ0n) is 18.2. The third-order valence-corrected chi connectivity index (χ3v) is 9.42. The summed E-state index contributed by atoms with van der Waals surface area (Å²) in [4.78, 5) is 58.4. The molecule has 1 saturated heterocycles. The van der Waals surface area contributed by atoms with Gasteiger partial charge in [0.15, 0.2) is 15.2 Å². The Morgan fingerprint density at radius 3 is 2.70 bits per heavy atom. The zero-order chi connectivity index (χ0) is 26.4. The molecule has 3 amide bonds. The maximum Gasteiger partial charge on any atom is 0.352 e. The van der Waals surface area contributed by atoms with Crippen molar-refractivity contribution in [2.45, 2.75) is 15.8 Å². The Kier molecular flexibility index (Phi) is 6.52. The second-order valence-electron chi connectivity index (χ2n) is 7.51. The van der Waals surface area contributed by atoms with Crippen molar-refractivity contribution < 1.29 is 29.5 Å². The lowest BCUT2D eigenvalue weighted by Crippen LogP contribution is -2.71. The maximum atomic E-state index is 12.9. The van der Waals surface area contributed by atoms with Gasteiger partial charge in [0.2, 0.25) is 4.96 Å². The van der Waals surface area contributed by atoms with Gasteiger partial charge in [-0.3, -0.25) is 19.3 Å². The number of nitrogen functional groups attached to an aromatic ring is 1. The number of oxime groups is 1. The standard InChI is InChI=1S/C18H15N9O6S4/c19-11(28)6-1-26-17(22-6)37-18(24-26)36-3-5-2-34-14-9(13(30)27(14)10(5)15(31)32)23-12(29)8(25-33)7-4-35-16(20)21-7/h1,4,9,14,33H,2-3H2,(H2,19,28)(H2,20,21)(H,23,29)(H,31,32)/b25-8-/t9-,14-/m1/s1. The molecule has 7 N–H and O–H groups in total. The van der Waals surface area contributed by atoms with Crippen LogP contribution in [0.25, 0.3) is 4.96 Å². The molecule has 5 rings (SSSR count). The molecule has 0 spiro atoms. The molecule has 3 aromatic heterocycles. The van der Waals surface area contributed by atoms with E-state index < -0.39 is 40.8 Å². The van der Waals surface area contributed by atoms with E-state index >= 15 is 0 Å². The molecule has 0 unspecified atom stereocenters. The second-order valence-corrected chi connectivity index (χ2v) is 11.7. The number of anilines is 1. The molecule has 0 bridgehead atoms. The van der Waals surface area contributed by atoms with Gasteiger partial charge in [-0.1, -0.05) is 28.3 Å². The minimum atomic E-state index is -1.27. The van der Waals surface area contributed by atoms with Crippen LogP contribution in [0.4, 0.5) is 5.13 Å². The molecule has 0 aromatic carbocycles. The molecule has 192 valence electrons. The van der Waals surface area contributed by atoms with Crippen LogP contribution in [0.15, 0.2) is 32.3 Å². The van der Waals surface area contributed by atoms with Crippen LogP contribution in [0.2, 0.25) is 0 Å². The number of amides is 3. The summed E-state index contributed by atoms with van der Waals surface area (Å²) in [5.41, 5.74) is 10.9. The number of nitrogens with zero attached hydrogens (tertiary/aromatic N) is 6. The van der Waals surface area contributed by atoms with Gasteiger partial charge in [-0.2, -0.15) is 0 Å². The number of imidazole rings is 1. The van der Waals surface area contributed by atoms with Crippen molar-refractivity contribution in [3.63, 3.8) is 0 Å². The fourth-order valence-corrected chi connectivity index (χ4v) is 7.58.